The summed E-state index contributed by atoms with van der Waals surface area (Å²) in [5.41, 5.74) is 1.24. The number of hydrogen-bond acceptors (Lipinski definition) is 3. The first-order valence-corrected chi connectivity index (χ1v) is 4.91. The number of nitriles is 1. The van der Waals surface area contributed by atoms with Gasteiger partial charge in [-0.3, -0.25) is 9.59 Å². The minimum absolute atomic E-state index is 0.0117. The fourth-order valence-electron chi connectivity index (χ4n) is 1.18. The van der Waals surface area contributed by atoms with E-state index < -0.39 is 0 Å². The molecule has 1 rings (SSSR count). The Morgan fingerprint density at radius 2 is 1.94 bits per heavy atom. The normalized spacial score (nSPS) is 9.25. The minimum atomic E-state index is -0.197. The van der Waals surface area contributed by atoms with Crippen LogP contribution in [0.4, 0.5) is 5.69 Å². The van der Waals surface area contributed by atoms with Crippen molar-refractivity contribution in [2.24, 2.45) is 0 Å². The lowest BCUT2D eigenvalue weighted by atomic mass is 10.1. The number of anilines is 1. The second-order valence-corrected chi connectivity index (χ2v) is 3.34. The summed E-state index contributed by atoms with van der Waals surface area (Å²) in [6.45, 7) is 1.49. The SMILES string of the molecule is CC(=O)c1ccc(NC(=O)CCC#N)cc1. The average molecular weight is 216 g/mol. The summed E-state index contributed by atoms with van der Waals surface area (Å²) in [7, 11) is 0. The van der Waals surface area contributed by atoms with Crippen LogP contribution in [0.15, 0.2) is 24.3 Å². The van der Waals surface area contributed by atoms with E-state index >= 15 is 0 Å². The Balaban J connectivity index is 2.59. The van der Waals surface area contributed by atoms with Gasteiger partial charge in [-0.2, -0.15) is 5.26 Å². The molecule has 1 amide bonds. The van der Waals surface area contributed by atoms with Gasteiger partial charge in [0.1, 0.15) is 0 Å². The van der Waals surface area contributed by atoms with Crippen LogP contribution in [0, 0.1) is 11.3 Å². The summed E-state index contributed by atoms with van der Waals surface area (Å²) in [4.78, 5) is 22.3. The highest BCUT2D eigenvalue weighted by molar-refractivity contribution is 5.95. The molecule has 0 saturated carbocycles. The Hall–Kier alpha value is -2.15. The van der Waals surface area contributed by atoms with Gasteiger partial charge < -0.3 is 5.32 Å². The average Bonchev–Trinajstić information content (AvgIpc) is 2.27. The lowest BCUT2D eigenvalue weighted by Gasteiger charge is -2.04. The zero-order valence-electron chi connectivity index (χ0n) is 8.99. The predicted octanol–water partition coefficient (Wildman–Crippen LogP) is 2.13. The van der Waals surface area contributed by atoms with Crippen LogP contribution in [-0.2, 0) is 4.79 Å². The van der Waals surface area contributed by atoms with Gasteiger partial charge in [-0.1, -0.05) is 0 Å². The Morgan fingerprint density at radius 3 is 2.44 bits per heavy atom. The monoisotopic (exact) mass is 216 g/mol. The van der Waals surface area contributed by atoms with Crippen LogP contribution in [0.3, 0.4) is 0 Å². The van der Waals surface area contributed by atoms with Crippen molar-refractivity contribution in [2.75, 3.05) is 5.32 Å². The second kappa shape index (κ2) is 5.66. The van der Waals surface area contributed by atoms with Crippen LogP contribution in [0.25, 0.3) is 0 Å². The Bertz CT molecular complexity index is 429. The van der Waals surface area contributed by atoms with Gasteiger partial charge >= 0.3 is 0 Å². The lowest BCUT2D eigenvalue weighted by Crippen LogP contribution is -2.10. The molecule has 0 aliphatic rings. The third-order valence-corrected chi connectivity index (χ3v) is 2.04. The molecule has 1 aromatic carbocycles. The van der Waals surface area contributed by atoms with Gasteiger partial charge in [0.25, 0.3) is 0 Å². The largest absolute Gasteiger partial charge is 0.326 e. The lowest BCUT2D eigenvalue weighted by molar-refractivity contribution is -0.116. The van der Waals surface area contributed by atoms with Crippen molar-refractivity contribution in [3.05, 3.63) is 29.8 Å². The van der Waals surface area contributed by atoms with Gasteiger partial charge in [0.15, 0.2) is 5.78 Å². The first-order valence-electron chi connectivity index (χ1n) is 4.91. The molecule has 0 spiro atoms. The van der Waals surface area contributed by atoms with E-state index in [1.165, 1.54) is 6.92 Å². The van der Waals surface area contributed by atoms with Crippen molar-refractivity contribution >= 4 is 17.4 Å². The molecule has 4 heteroatoms. The number of nitrogens with zero attached hydrogens (tertiary/aromatic N) is 1. The number of rotatable bonds is 4. The number of amides is 1. The van der Waals surface area contributed by atoms with Crippen molar-refractivity contribution < 1.29 is 9.59 Å². The van der Waals surface area contributed by atoms with E-state index in [1.807, 2.05) is 6.07 Å². The first-order chi connectivity index (χ1) is 7.63. The van der Waals surface area contributed by atoms with Crippen molar-refractivity contribution in [3.63, 3.8) is 0 Å². The maximum absolute atomic E-state index is 11.3. The van der Waals surface area contributed by atoms with Gasteiger partial charge in [-0.25, -0.2) is 0 Å². The van der Waals surface area contributed by atoms with Crippen molar-refractivity contribution in [1.82, 2.24) is 0 Å². The molecule has 0 fully saturated rings. The zero-order valence-corrected chi connectivity index (χ0v) is 8.99. The highest BCUT2D eigenvalue weighted by atomic mass is 16.1. The smallest absolute Gasteiger partial charge is 0.225 e. The topological polar surface area (TPSA) is 70.0 Å². The summed E-state index contributed by atoms with van der Waals surface area (Å²) in [6.07, 6.45) is 0.391. The van der Waals surface area contributed by atoms with Gasteiger partial charge in [0.2, 0.25) is 5.91 Å². The van der Waals surface area contributed by atoms with Gasteiger partial charge in [-0.05, 0) is 31.2 Å². The molecule has 82 valence electrons. The highest BCUT2D eigenvalue weighted by Gasteiger charge is 2.02. The molecule has 0 aliphatic heterocycles. The number of hydrogen-bond donors (Lipinski definition) is 1. The molecule has 4 nitrogen and oxygen atoms in total. The molecule has 0 bridgehead atoms. The van der Waals surface area contributed by atoms with E-state index in [2.05, 4.69) is 5.32 Å². The molecule has 0 aromatic heterocycles. The van der Waals surface area contributed by atoms with E-state index in [1.54, 1.807) is 24.3 Å². The van der Waals surface area contributed by atoms with Crippen molar-refractivity contribution in [2.45, 2.75) is 19.8 Å². The van der Waals surface area contributed by atoms with E-state index in [-0.39, 0.29) is 24.5 Å². The van der Waals surface area contributed by atoms with Gasteiger partial charge in [0.05, 0.1) is 6.07 Å². The summed E-state index contributed by atoms with van der Waals surface area (Å²) >= 11 is 0. The molecule has 16 heavy (non-hydrogen) atoms. The third kappa shape index (κ3) is 3.54. The number of benzene rings is 1. The number of nitrogens with one attached hydrogen (secondary N) is 1. The van der Waals surface area contributed by atoms with Gasteiger partial charge in [-0.15, -0.1) is 0 Å². The molecule has 0 saturated heterocycles. The van der Waals surface area contributed by atoms with Gasteiger partial charge in [0, 0.05) is 24.1 Å². The quantitative estimate of drug-likeness (QED) is 0.784. The Morgan fingerprint density at radius 1 is 1.31 bits per heavy atom. The molecule has 0 unspecified atom stereocenters. The van der Waals surface area contributed by atoms with Crippen LogP contribution in [0.5, 0.6) is 0 Å². The summed E-state index contributed by atoms with van der Waals surface area (Å²) in [6, 6.07) is 8.55. The zero-order chi connectivity index (χ0) is 12.0. The van der Waals surface area contributed by atoms with Crippen LogP contribution < -0.4 is 5.32 Å². The standard InChI is InChI=1S/C12H12N2O2/c1-9(15)10-4-6-11(7-5-10)14-12(16)3-2-8-13/h4-7H,2-3H2,1H3,(H,14,16). The molecular formula is C12H12N2O2. The van der Waals surface area contributed by atoms with Crippen LogP contribution in [-0.4, -0.2) is 11.7 Å². The summed E-state index contributed by atoms with van der Waals surface area (Å²) in [5, 5.41) is 11.0. The first kappa shape index (κ1) is 11.9. The molecule has 0 atom stereocenters. The molecule has 1 aromatic rings. The van der Waals surface area contributed by atoms with Crippen molar-refractivity contribution in [3.8, 4) is 6.07 Å². The van der Waals surface area contributed by atoms with Crippen LogP contribution >= 0.6 is 0 Å². The number of Topliss-reactive ketones (excluding diaryl/α,β-unsaturated/α-hetero) is 1. The molecule has 1 N–H and O–H groups in total. The number of carbonyl (C=O) groups excluding carboxylic acids is 2. The molecule has 0 heterocycles. The molecular weight excluding hydrogens is 204 g/mol. The second-order valence-electron chi connectivity index (χ2n) is 3.34. The fraction of sp³-hybridized carbons (Fsp3) is 0.250. The third-order valence-electron chi connectivity index (χ3n) is 2.04. The van der Waals surface area contributed by atoms with E-state index in [4.69, 9.17) is 5.26 Å². The molecule has 0 radical (unpaired) electrons. The summed E-state index contributed by atoms with van der Waals surface area (Å²) < 4.78 is 0. The maximum Gasteiger partial charge on any atom is 0.225 e. The van der Waals surface area contributed by atoms with E-state index in [0.717, 1.165) is 0 Å². The van der Waals surface area contributed by atoms with E-state index in [9.17, 15) is 9.59 Å². The summed E-state index contributed by atoms with van der Waals surface area (Å²) in [5.74, 6) is -0.209. The Labute approximate surface area is 93.9 Å². The highest BCUT2D eigenvalue weighted by Crippen LogP contribution is 2.10. The predicted molar refractivity (Wildman–Crippen MR) is 59.9 cm³/mol. The fourth-order valence-corrected chi connectivity index (χ4v) is 1.18. The molecule has 0 aliphatic carbocycles. The number of ketones is 1. The van der Waals surface area contributed by atoms with Crippen molar-refractivity contribution in [1.29, 1.82) is 5.26 Å². The van der Waals surface area contributed by atoms with E-state index in [0.29, 0.717) is 11.3 Å². The van der Waals surface area contributed by atoms with Crippen LogP contribution in [0.2, 0.25) is 0 Å². The Kier molecular flexibility index (Phi) is 4.22. The maximum atomic E-state index is 11.3. The van der Waals surface area contributed by atoms with Crippen LogP contribution in [0.1, 0.15) is 30.1 Å². The number of carbonyl (C=O) groups is 2. The minimum Gasteiger partial charge on any atom is -0.326 e.